The molecule has 0 saturated carbocycles. The van der Waals surface area contributed by atoms with E-state index in [4.69, 9.17) is 9.47 Å². The first-order valence-corrected chi connectivity index (χ1v) is 7.76. The van der Waals surface area contributed by atoms with Crippen molar-refractivity contribution in [2.45, 2.75) is 11.4 Å². The Kier molecular flexibility index (Phi) is 7.45. The Labute approximate surface area is 119 Å². The summed E-state index contributed by atoms with van der Waals surface area (Å²) in [5.41, 5.74) is 0.750. The van der Waals surface area contributed by atoms with E-state index < -0.39 is 10.0 Å². The molecule has 2 N–H and O–H groups in total. The van der Waals surface area contributed by atoms with Crippen LogP contribution < -0.4 is 10.0 Å². The lowest BCUT2D eigenvalue weighted by molar-refractivity contribution is 0.196. The first kappa shape index (κ1) is 16.8. The molecule has 1 heterocycles. The van der Waals surface area contributed by atoms with E-state index in [1.165, 1.54) is 12.3 Å². The number of nitrogens with zero attached hydrogens (tertiary/aromatic N) is 1. The van der Waals surface area contributed by atoms with Gasteiger partial charge in [0.2, 0.25) is 0 Å². The summed E-state index contributed by atoms with van der Waals surface area (Å²) < 4.78 is 36.1. The number of rotatable bonds is 10. The van der Waals surface area contributed by atoms with Gasteiger partial charge < -0.3 is 14.8 Å². The minimum atomic E-state index is -3.55. The first-order valence-electron chi connectivity index (χ1n) is 6.27. The lowest BCUT2D eigenvalue weighted by atomic mass is 10.4. The number of nitrogens with one attached hydrogen (secondary N) is 2. The molecule has 0 radical (unpaired) electrons. The van der Waals surface area contributed by atoms with E-state index in [-0.39, 0.29) is 5.03 Å². The fourth-order valence-corrected chi connectivity index (χ4v) is 2.44. The van der Waals surface area contributed by atoms with Crippen molar-refractivity contribution in [2.24, 2.45) is 0 Å². The average Bonchev–Trinajstić information content (AvgIpc) is 2.45. The Morgan fingerprint density at radius 1 is 1.15 bits per heavy atom. The molecule has 1 aromatic heterocycles. The molecule has 0 spiro atoms. The monoisotopic (exact) mass is 303 g/mol. The SMILES string of the molecule is COCCCNS(=O)(=O)c1ccc(NCCOC)cn1. The van der Waals surface area contributed by atoms with E-state index in [2.05, 4.69) is 15.0 Å². The highest BCUT2D eigenvalue weighted by Gasteiger charge is 2.14. The molecule has 0 saturated heterocycles. The van der Waals surface area contributed by atoms with Crippen LogP contribution in [0.15, 0.2) is 23.4 Å². The van der Waals surface area contributed by atoms with Crippen molar-refractivity contribution >= 4 is 15.7 Å². The number of methoxy groups -OCH3 is 2. The van der Waals surface area contributed by atoms with Crippen LogP contribution in [-0.4, -0.2) is 53.9 Å². The molecule has 8 heteroatoms. The smallest absolute Gasteiger partial charge is 0.258 e. The maximum Gasteiger partial charge on any atom is 0.258 e. The second kappa shape index (κ2) is 8.85. The van der Waals surface area contributed by atoms with Crippen molar-refractivity contribution in [1.82, 2.24) is 9.71 Å². The van der Waals surface area contributed by atoms with Crippen LogP contribution in [0.25, 0.3) is 0 Å². The molecule has 1 rings (SSSR count). The predicted octanol–water partition coefficient (Wildman–Crippen LogP) is 0.455. The molecule has 1 aromatic rings. The Morgan fingerprint density at radius 2 is 1.90 bits per heavy atom. The molecule has 0 amide bonds. The summed E-state index contributed by atoms with van der Waals surface area (Å²) in [4.78, 5) is 3.94. The first-order chi connectivity index (χ1) is 9.60. The molecule has 0 fully saturated rings. The molecule has 114 valence electrons. The van der Waals surface area contributed by atoms with Crippen LogP contribution in [0.2, 0.25) is 0 Å². The van der Waals surface area contributed by atoms with Gasteiger partial charge in [-0.05, 0) is 18.6 Å². The predicted molar refractivity (Wildman–Crippen MR) is 76.3 cm³/mol. The van der Waals surface area contributed by atoms with Crippen LogP contribution >= 0.6 is 0 Å². The third-order valence-electron chi connectivity index (χ3n) is 2.46. The van der Waals surface area contributed by atoms with Crippen LogP contribution in [0.4, 0.5) is 5.69 Å². The van der Waals surface area contributed by atoms with Crippen molar-refractivity contribution < 1.29 is 17.9 Å². The van der Waals surface area contributed by atoms with Gasteiger partial charge in [0, 0.05) is 33.9 Å². The second-order valence-electron chi connectivity index (χ2n) is 4.05. The minimum absolute atomic E-state index is 0.00667. The quantitative estimate of drug-likeness (QED) is 0.610. The van der Waals surface area contributed by atoms with E-state index in [1.807, 2.05) is 0 Å². The molecular weight excluding hydrogens is 282 g/mol. The number of pyridine rings is 1. The molecule has 20 heavy (non-hydrogen) atoms. The van der Waals surface area contributed by atoms with E-state index in [0.29, 0.717) is 32.7 Å². The fourth-order valence-electron chi connectivity index (χ4n) is 1.44. The summed E-state index contributed by atoms with van der Waals surface area (Å²) in [5, 5.41) is 3.07. The Morgan fingerprint density at radius 3 is 2.50 bits per heavy atom. The Bertz CT molecular complexity index is 476. The van der Waals surface area contributed by atoms with Crippen molar-refractivity contribution in [2.75, 3.05) is 45.8 Å². The normalized spacial score (nSPS) is 11.5. The number of aromatic nitrogens is 1. The van der Waals surface area contributed by atoms with Gasteiger partial charge in [-0.3, -0.25) is 0 Å². The van der Waals surface area contributed by atoms with E-state index in [9.17, 15) is 8.42 Å². The minimum Gasteiger partial charge on any atom is -0.385 e. The molecule has 0 aliphatic carbocycles. The molecule has 7 nitrogen and oxygen atoms in total. The van der Waals surface area contributed by atoms with Crippen molar-refractivity contribution in [3.63, 3.8) is 0 Å². The lowest BCUT2D eigenvalue weighted by Crippen LogP contribution is -2.26. The second-order valence-corrected chi connectivity index (χ2v) is 5.76. The summed E-state index contributed by atoms with van der Waals surface area (Å²) in [6.45, 7) is 2.05. The van der Waals surface area contributed by atoms with Crippen LogP contribution in [0.5, 0.6) is 0 Å². The van der Waals surface area contributed by atoms with Gasteiger partial charge in [0.15, 0.2) is 5.03 Å². The largest absolute Gasteiger partial charge is 0.385 e. The molecular formula is C12H21N3O4S. The van der Waals surface area contributed by atoms with Gasteiger partial charge in [-0.1, -0.05) is 0 Å². The van der Waals surface area contributed by atoms with Crippen LogP contribution in [0.3, 0.4) is 0 Å². The number of ether oxygens (including phenoxy) is 2. The number of anilines is 1. The van der Waals surface area contributed by atoms with E-state index in [1.54, 1.807) is 20.3 Å². The molecule has 0 atom stereocenters. The molecule has 0 aliphatic rings. The summed E-state index contributed by atoms with van der Waals surface area (Å²) in [6, 6.07) is 3.14. The maximum atomic E-state index is 11.9. The van der Waals surface area contributed by atoms with Gasteiger partial charge in [-0.15, -0.1) is 0 Å². The summed E-state index contributed by atoms with van der Waals surface area (Å²) in [5.74, 6) is 0. The standard InChI is InChI=1S/C12H21N3O4S/c1-18-8-3-6-15-20(16,17)12-5-4-11(10-14-12)13-7-9-19-2/h4-5,10,13,15H,3,6-9H2,1-2H3. The van der Waals surface area contributed by atoms with Gasteiger partial charge in [0.1, 0.15) is 0 Å². The zero-order valence-corrected chi connectivity index (χ0v) is 12.6. The Balaban J connectivity index is 2.53. The van der Waals surface area contributed by atoms with Gasteiger partial charge in [-0.2, -0.15) is 0 Å². The third-order valence-corrected chi connectivity index (χ3v) is 3.84. The summed E-state index contributed by atoms with van der Waals surface area (Å²) in [7, 11) is -0.361. The van der Waals surface area contributed by atoms with Crippen molar-refractivity contribution in [3.8, 4) is 0 Å². The third kappa shape index (κ3) is 5.83. The number of sulfonamides is 1. The van der Waals surface area contributed by atoms with Crippen LogP contribution in [0, 0.1) is 0 Å². The van der Waals surface area contributed by atoms with Crippen LogP contribution in [-0.2, 0) is 19.5 Å². The highest BCUT2D eigenvalue weighted by Crippen LogP contribution is 2.10. The highest BCUT2D eigenvalue weighted by molar-refractivity contribution is 7.89. The van der Waals surface area contributed by atoms with Gasteiger partial charge in [0.25, 0.3) is 10.0 Å². The molecule has 0 aliphatic heterocycles. The summed E-state index contributed by atoms with van der Waals surface area (Å²) in [6.07, 6.45) is 2.10. The Hall–Kier alpha value is -1.22. The van der Waals surface area contributed by atoms with Crippen LogP contribution in [0.1, 0.15) is 6.42 Å². The maximum absolute atomic E-state index is 11.9. The number of hydrogen-bond donors (Lipinski definition) is 2. The van der Waals surface area contributed by atoms with E-state index in [0.717, 1.165) is 5.69 Å². The van der Waals surface area contributed by atoms with E-state index >= 15 is 0 Å². The summed E-state index contributed by atoms with van der Waals surface area (Å²) >= 11 is 0. The van der Waals surface area contributed by atoms with Gasteiger partial charge >= 0.3 is 0 Å². The van der Waals surface area contributed by atoms with Crippen molar-refractivity contribution in [3.05, 3.63) is 18.3 Å². The highest BCUT2D eigenvalue weighted by atomic mass is 32.2. The van der Waals surface area contributed by atoms with Crippen molar-refractivity contribution in [1.29, 1.82) is 0 Å². The molecule has 0 unspecified atom stereocenters. The number of hydrogen-bond acceptors (Lipinski definition) is 6. The fraction of sp³-hybridized carbons (Fsp3) is 0.583. The molecule has 0 bridgehead atoms. The topological polar surface area (TPSA) is 89.5 Å². The van der Waals surface area contributed by atoms with Gasteiger partial charge in [-0.25, -0.2) is 18.1 Å². The average molecular weight is 303 g/mol. The lowest BCUT2D eigenvalue weighted by Gasteiger charge is -2.08. The van der Waals surface area contributed by atoms with Gasteiger partial charge in [0.05, 0.1) is 18.5 Å². The zero-order valence-electron chi connectivity index (χ0n) is 11.8. The molecule has 0 aromatic carbocycles. The zero-order chi connectivity index (χ0) is 14.8.